The maximum absolute atomic E-state index is 12.9. The number of hydrogen-bond acceptors (Lipinski definition) is 7. The SMILES string of the molecule is CCC=CCC(=O)N[C@@H]1CC[C@@]2(C)C(CC(O)C3C2CC[C@@]2(C)C3CCC2[C@H](C)CC(=O)CCOC(=O)CCOP(C)(O)=S)C1. The van der Waals surface area contributed by atoms with Gasteiger partial charge in [0, 0.05) is 32.0 Å². The number of carbonyl (C=O) groups is 3. The van der Waals surface area contributed by atoms with Crippen molar-refractivity contribution in [1.29, 1.82) is 0 Å². The second-order valence-electron chi connectivity index (χ2n) is 15.2. The van der Waals surface area contributed by atoms with Crippen LogP contribution >= 0.6 is 6.49 Å². The average Bonchev–Trinajstić information content (AvgIpc) is 3.30. The minimum atomic E-state index is -2.80. The molecule has 0 aromatic carbocycles. The monoisotopic (exact) mass is 667 g/mol. The van der Waals surface area contributed by atoms with E-state index in [1.54, 1.807) is 0 Å². The van der Waals surface area contributed by atoms with Crippen LogP contribution < -0.4 is 5.32 Å². The number of ether oxygens (including phenoxy) is 1. The number of fused-ring (bicyclic) bond motifs is 5. The van der Waals surface area contributed by atoms with Crippen molar-refractivity contribution >= 4 is 36.0 Å². The highest BCUT2D eigenvalue weighted by molar-refractivity contribution is 8.09. The maximum atomic E-state index is 12.9. The normalized spacial score (nSPS) is 38.0. The van der Waals surface area contributed by atoms with Gasteiger partial charge in [0.05, 0.1) is 25.7 Å². The van der Waals surface area contributed by atoms with Crippen LogP contribution in [0.3, 0.4) is 0 Å². The van der Waals surface area contributed by atoms with E-state index in [-0.39, 0.29) is 66.6 Å². The van der Waals surface area contributed by atoms with E-state index >= 15 is 0 Å². The van der Waals surface area contributed by atoms with Gasteiger partial charge >= 0.3 is 5.97 Å². The Kier molecular flexibility index (Phi) is 12.6. The first-order valence-electron chi connectivity index (χ1n) is 17.4. The number of hydrogen-bond donors (Lipinski definition) is 3. The molecule has 3 N–H and O–H groups in total. The number of amides is 1. The van der Waals surface area contributed by atoms with Crippen molar-refractivity contribution < 1.29 is 33.6 Å². The van der Waals surface area contributed by atoms with E-state index in [0.717, 1.165) is 57.8 Å². The zero-order valence-electron chi connectivity index (χ0n) is 28.2. The van der Waals surface area contributed by atoms with Crippen LogP contribution in [0.2, 0.25) is 0 Å². The first-order chi connectivity index (χ1) is 21.2. The van der Waals surface area contributed by atoms with E-state index in [1.807, 2.05) is 12.2 Å². The smallest absolute Gasteiger partial charge is 0.308 e. The molecule has 0 aromatic rings. The van der Waals surface area contributed by atoms with Crippen LogP contribution in [-0.2, 0) is 35.5 Å². The van der Waals surface area contributed by atoms with Crippen LogP contribution in [0.1, 0.15) is 111 Å². The number of esters is 1. The zero-order chi connectivity index (χ0) is 33.0. The zero-order valence-corrected chi connectivity index (χ0v) is 29.9. The summed E-state index contributed by atoms with van der Waals surface area (Å²) in [6, 6.07) is 0.200. The number of nitrogens with one attached hydrogen (secondary N) is 1. The van der Waals surface area contributed by atoms with E-state index in [4.69, 9.17) is 21.1 Å². The Labute approximate surface area is 276 Å². The molecule has 0 spiro atoms. The van der Waals surface area contributed by atoms with E-state index in [0.29, 0.717) is 42.4 Å². The molecule has 0 radical (unpaired) electrons. The fraction of sp³-hybridized carbons (Fsp3) is 0.857. The molecule has 0 aromatic heterocycles. The van der Waals surface area contributed by atoms with Crippen molar-refractivity contribution in [3.63, 3.8) is 0 Å². The van der Waals surface area contributed by atoms with Crippen LogP contribution in [0.4, 0.5) is 0 Å². The summed E-state index contributed by atoms with van der Waals surface area (Å²) in [4.78, 5) is 46.9. The Balaban J connectivity index is 1.29. The van der Waals surface area contributed by atoms with E-state index in [2.05, 4.69) is 33.0 Å². The lowest BCUT2D eigenvalue weighted by atomic mass is 9.43. The van der Waals surface area contributed by atoms with Crippen LogP contribution in [0.5, 0.6) is 0 Å². The van der Waals surface area contributed by atoms with E-state index in [9.17, 15) is 24.4 Å². The van der Waals surface area contributed by atoms with Gasteiger partial charge in [-0.3, -0.25) is 14.4 Å². The van der Waals surface area contributed by atoms with Crippen molar-refractivity contribution in [3.05, 3.63) is 12.2 Å². The highest BCUT2D eigenvalue weighted by atomic mass is 32.5. The van der Waals surface area contributed by atoms with Gasteiger partial charge < -0.3 is 24.6 Å². The van der Waals surface area contributed by atoms with Gasteiger partial charge in [-0.2, -0.15) is 0 Å². The molecule has 10 heteroatoms. The molecular formula is C35H58NO7PS. The number of carbonyl (C=O) groups excluding carboxylic acids is 3. The van der Waals surface area contributed by atoms with Crippen molar-refractivity contribution in [2.24, 2.45) is 46.3 Å². The largest absolute Gasteiger partial charge is 0.465 e. The molecule has 4 rings (SSSR count). The maximum Gasteiger partial charge on any atom is 0.308 e. The summed E-state index contributed by atoms with van der Waals surface area (Å²) < 4.78 is 10.3. The summed E-state index contributed by atoms with van der Waals surface area (Å²) in [6.07, 6.45) is 14.1. The van der Waals surface area contributed by atoms with E-state index in [1.165, 1.54) is 6.66 Å². The van der Waals surface area contributed by atoms with E-state index < -0.39 is 12.5 Å². The third-order valence-electron chi connectivity index (χ3n) is 12.3. The molecule has 0 aliphatic heterocycles. The standard InChI is InChI=1S/C35H58NO7PS/c1-6-7-8-9-31(39)36-25-12-16-34(3)24(21-25)22-30(38)33-28-11-10-27(35(28,4)17-13-29(33)34)23(2)20-26(37)14-18-42-32(40)15-19-43-44(5,41)45/h7-8,23-25,27-30,33,38H,6,9-22H2,1-5H3,(H,36,39)(H,41,45)/t23-,24?,25-,27?,28?,29?,30?,33?,34+,35-,44?/m1/s1. The molecule has 4 fully saturated rings. The highest BCUT2D eigenvalue weighted by Crippen LogP contribution is 2.68. The molecular weight excluding hydrogens is 609 g/mol. The van der Waals surface area contributed by atoms with Gasteiger partial charge in [0.2, 0.25) is 5.91 Å². The molecule has 8 nitrogen and oxygen atoms in total. The Morgan fingerprint density at radius 2 is 1.73 bits per heavy atom. The summed E-state index contributed by atoms with van der Waals surface area (Å²) >= 11 is 4.80. The molecule has 1 amide bonds. The molecule has 4 saturated carbocycles. The fourth-order valence-electron chi connectivity index (χ4n) is 10.2. The number of ketones is 1. The number of Topliss-reactive ketones (excluding diaryl/α,β-unsaturated/α-hetero) is 1. The minimum Gasteiger partial charge on any atom is -0.465 e. The van der Waals surface area contributed by atoms with Gasteiger partial charge in [0.1, 0.15) is 5.78 Å². The quantitative estimate of drug-likeness (QED) is 0.112. The Morgan fingerprint density at radius 1 is 1.02 bits per heavy atom. The third kappa shape index (κ3) is 8.87. The van der Waals surface area contributed by atoms with Crippen LogP contribution in [0.15, 0.2) is 12.2 Å². The second-order valence-corrected chi connectivity index (χ2v) is 19.1. The van der Waals surface area contributed by atoms with Gasteiger partial charge in [0.25, 0.3) is 0 Å². The first kappa shape index (κ1) is 36.7. The highest BCUT2D eigenvalue weighted by Gasteiger charge is 2.63. The lowest BCUT2D eigenvalue weighted by molar-refractivity contribution is -0.167. The lowest BCUT2D eigenvalue weighted by Gasteiger charge is -2.62. The Bertz CT molecular complexity index is 1140. The fourth-order valence-corrected chi connectivity index (χ4v) is 10.9. The van der Waals surface area contributed by atoms with Gasteiger partial charge in [-0.25, -0.2) is 0 Å². The second kappa shape index (κ2) is 15.4. The molecule has 0 heterocycles. The van der Waals surface area contributed by atoms with Crippen LogP contribution in [0, 0.1) is 46.3 Å². The van der Waals surface area contributed by atoms with Gasteiger partial charge in [0.15, 0.2) is 6.49 Å². The third-order valence-corrected chi connectivity index (χ3v) is 13.3. The summed E-state index contributed by atoms with van der Waals surface area (Å²) in [5.41, 5.74) is 0.311. The first-order valence-corrected chi connectivity index (χ1v) is 20.5. The van der Waals surface area contributed by atoms with Crippen LogP contribution in [0.25, 0.3) is 0 Å². The summed E-state index contributed by atoms with van der Waals surface area (Å²) in [5, 5.41) is 15.0. The van der Waals surface area contributed by atoms with Crippen molar-refractivity contribution in [2.45, 2.75) is 123 Å². The number of allylic oxidation sites excluding steroid dienone is 1. The van der Waals surface area contributed by atoms with Crippen molar-refractivity contribution in [3.8, 4) is 0 Å². The number of aliphatic hydroxyl groups excluding tert-OH is 1. The predicted octanol–water partition coefficient (Wildman–Crippen LogP) is 6.32. The summed E-state index contributed by atoms with van der Waals surface area (Å²) in [5.74, 6) is 2.14. The number of rotatable bonds is 14. The molecule has 0 saturated heterocycles. The topological polar surface area (TPSA) is 122 Å². The molecule has 256 valence electrons. The van der Waals surface area contributed by atoms with Crippen LogP contribution in [-0.4, -0.2) is 59.7 Å². The summed E-state index contributed by atoms with van der Waals surface area (Å²) in [7, 11) is 0. The molecule has 4 aliphatic rings. The predicted molar refractivity (Wildman–Crippen MR) is 180 cm³/mol. The lowest BCUT2D eigenvalue weighted by Crippen LogP contribution is -2.59. The molecule has 11 atom stereocenters. The Morgan fingerprint density at radius 3 is 2.44 bits per heavy atom. The van der Waals surface area contributed by atoms with Gasteiger partial charge in [-0.1, -0.05) is 39.8 Å². The molecule has 7 unspecified atom stereocenters. The minimum absolute atomic E-state index is 0.00108. The van der Waals surface area contributed by atoms with Crippen molar-refractivity contribution in [1.82, 2.24) is 5.32 Å². The average molecular weight is 668 g/mol. The van der Waals surface area contributed by atoms with Gasteiger partial charge in [-0.15, -0.1) is 0 Å². The summed E-state index contributed by atoms with van der Waals surface area (Å²) in [6.45, 7) is 7.90. The van der Waals surface area contributed by atoms with Crippen molar-refractivity contribution in [2.75, 3.05) is 19.9 Å². The molecule has 0 bridgehead atoms. The van der Waals surface area contributed by atoms with Gasteiger partial charge in [-0.05, 0) is 116 Å². The molecule has 45 heavy (non-hydrogen) atoms. The molecule has 4 aliphatic carbocycles. The Hall–Kier alpha value is -1.12. The number of aliphatic hydroxyl groups is 1.